The Bertz CT molecular complexity index is 1370. The van der Waals surface area contributed by atoms with Gasteiger partial charge in [0.15, 0.2) is 10.6 Å². The molecule has 0 amide bonds. The largest absolute Gasteiger partial charge is 0.462 e. The lowest BCUT2D eigenvalue weighted by Gasteiger charge is -2.15. The van der Waals surface area contributed by atoms with E-state index in [1.165, 1.54) is 18.9 Å². The third-order valence-corrected chi connectivity index (χ3v) is 7.44. The molecule has 0 saturated carbocycles. The van der Waals surface area contributed by atoms with E-state index in [1.54, 1.807) is 35.8 Å². The molecule has 0 spiro atoms. The van der Waals surface area contributed by atoms with E-state index in [0.717, 1.165) is 44.0 Å². The van der Waals surface area contributed by atoms with Crippen LogP contribution in [0.4, 0.5) is 5.13 Å². The Kier molecular flexibility index (Phi) is 5.52. The molecule has 3 aromatic heterocycles. The van der Waals surface area contributed by atoms with Crippen LogP contribution in [-0.2, 0) is 4.74 Å². The van der Waals surface area contributed by atoms with Crippen LogP contribution < -0.4 is 10.3 Å². The van der Waals surface area contributed by atoms with Crippen molar-refractivity contribution in [1.82, 2.24) is 14.5 Å². The van der Waals surface area contributed by atoms with Gasteiger partial charge in [-0.2, -0.15) is 0 Å². The number of hydrogen-bond acceptors (Lipinski definition) is 8. The lowest BCUT2D eigenvalue weighted by Crippen LogP contribution is -2.20. The number of carbonyl (C=O) groups excluding carboxylic acids is 1. The first kappa shape index (κ1) is 20.8. The van der Waals surface area contributed by atoms with Crippen LogP contribution >= 0.6 is 22.7 Å². The lowest BCUT2D eigenvalue weighted by molar-refractivity contribution is 0.0524. The van der Waals surface area contributed by atoms with Gasteiger partial charge in [-0.3, -0.25) is 4.79 Å². The number of ether oxygens (including phenoxy) is 1. The summed E-state index contributed by atoms with van der Waals surface area (Å²) < 4.78 is 8.04. The average Bonchev–Trinajstić information content (AvgIpc) is 3.52. The Hall–Kier alpha value is -3.04. The minimum absolute atomic E-state index is 0.0143. The number of carbonyl (C=O) groups is 1. The Labute approximate surface area is 192 Å². The first-order chi connectivity index (χ1) is 15.5. The number of anilines is 1. The van der Waals surface area contributed by atoms with E-state index in [9.17, 15) is 9.59 Å². The van der Waals surface area contributed by atoms with E-state index < -0.39 is 5.97 Å². The standard InChI is InChI=1S/C23H22N4O3S2/c1-3-30-22(29)16-13-27(15-6-7-17-20(10-15)31-14(2)25-17)18(11-19(16)28)21-12-24-23(32-21)26-8-4-5-9-26/h6-7,10-13H,3-5,8-9H2,1-2H3. The second-order valence-corrected chi connectivity index (χ2v) is 9.86. The molecular formula is C23H22N4O3S2. The number of esters is 1. The van der Waals surface area contributed by atoms with Crippen molar-refractivity contribution < 1.29 is 9.53 Å². The number of rotatable bonds is 5. The van der Waals surface area contributed by atoms with Crippen molar-refractivity contribution in [3.8, 4) is 16.3 Å². The fourth-order valence-electron chi connectivity index (χ4n) is 3.92. The highest BCUT2D eigenvalue weighted by atomic mass is 32.1. The molecule has 5 rings (SSSR count). The van der Waals surface area contributed by atoms with Gasteiger partial charge in [-0.15, -0.1) is 11.3 Å². The van der Waals surface area contributed by atoms with Crippen molar-refractivity contribution in [1.29, 1.82) is 0 Å². The summed E-state index contributed by atoms with van der Waals surface area (Å²) in [5.74, 6) is -0.616. The molecule has 7 nitrogen and oxygen atoms in total. The highest BCUT2D eigenvalue weighted by Crippen LogP contribution is 2.34. The number of fused-ring (bicyclic) bond motifs is 1. The van der Waals surface area contributed by atoms with E-state index in [-0.39, 0.29) is 17.6 Å². The van der Waals surface area contributed by atoms with Crippen molar-refractivity contribution in [2.75, 3.05) is 24.6 Å². The number of hydrogen-bond donors (Lipinski definition) is 0. The minimum atomic E-state index is -0.616. The number of pyridine rings is 1. The second-order valence-electron chi connectivity index (χ2n) is 7.61. The lowest BCUT2D eigenvalue weighted by atomic mass is 10.2. The zero-order valence-corrected chi connectivity index (χ0v) is 19.5. The van der Waals surface area contributed by atoms with Crippen molar-refractivity contribution >= 4 is 44.0 Å². The molecule has 32 heavy (non-hydrogen) atoms. The molecule has 1 saturated heterocycles. The van der Waals surface area contributed by atoms with Crippen LogP contribution in [0.5, 0.6) is 0 Å². The molecule has 1 fully saturated rings. The summed E-state index contributed by atoms with van der Waals surface area (Å²) in [5.41, 5.74) is 2.13. The number of thiazole rings is 2. The van der Waals surface area contributed by atoms with Crippen molar-refractivity contribution in [3.63, 3.8) is 0 Å². The fraction of sp³-hybridized carbons (Fsp3) is 0.304. The van der Waals surface area contributed by atoms with Gasteiger partial charge in [-0.25, -0.2) is 14.8 Å². The summed E-state index contributed by atoms with van der Waals surface area (Å²) in [6.45, 7) is 5.92. The van der Waals surface area contributed by atoms with Gasteiger partial charge in [0.05, 0.1) is 32.4 Å². The van der Waals surface area contributed by atoms with Gasteiger partial charge in [0.2, 0.25) is 0 Å². The molecule has 4 aromatic rings. The molecular weight excluding hydrogens is 444 g/mol. The predicted octanol–water partition coefficient (Wildman–Crippen LogP) is 4.66. The first-order valence-electron chi connectivity index (χ1n) is 10.6. The van der Waals surface area contributed by atoms with E-state index in [1.807, 2.05) is 35.9 Å². The molecule has 0 bridgehead atoms. The highest BCUT2D eigenvalue weighted by Gasteiger charge is 2.20. The normalized spacial score (nSPS) is 13.8. The SMILES string of the molecule is CCOC(=O)c1cn(-c2ccc3nc(C)sc3c2)c(-c2cnc(N3CCCC3)s2)cc1=O. The highest BCUT2D eigenvalue weighted by molar-refractivity contribution is 7.19. The molecule has 4 heterocycles. The summed E-state index contributed by atoms with van der Waals surface area (Å²) >= 11 is 3.17. The molecule has 9 heteroatoms. The van der Waals surface area contributed by atoms with Crippen molar-refractivity contribution in [3.05, 3.63) is 57.5 Å². The maximum atomic E-state index is 12.8. The number of nitrogens with zero attached hydrogens (tertiary/aromatic N) is 4. The van der Waals surface area contributed by atoms with Crippen molar-refractivity contribution in [2.24, 2.45) is 0 Å². The Morgan fingerprint density at radius 2 is 2.00 bits per heavy atom. The quantitative estimate of drug-likeness (QED) is 0.398. The van der Waals surface area contributed by atoms with Crippen LogP contribution in [0.2, 0.25) is 0 Å². The van der Waals surface area contributed by atoms with Gasteiger partial charge in [-0.1, -0.05) is 11.3 Å². The van der Waals surface area contributed by atoms with Gasteiger partial charge >= 0.3 is 5.97 Å². The van der Waals surface area contributed by atoms with Gasteiger partial charge in [-0.05, 0) is 44.9 Å². The Morgan fingerprint density at radius 1 is 1.19 bits per heavy atom. The van der Waals surface area contributed by atoms with E-state index in [2.05, 4.69) is 14.9 Å². The Morgan fingerprint density at radius 3 is 2.78 bits per heavy atom. The molecule has 0 aliphatic carbocycles. The maximum Gasteiger partial charge on any atom is 0.343 e. The smallest absolute Gasteiger partial charge is 0.343 e. The van der Waals surface area contributed by atoms with Gasteiger partial charge in [0.1, 0.15) is 5.56 Å². The zero-order chi connectivity index (χ0) is 22.2. The predicted molar refractivity (Wildman–Crippen MR) is 128 cm³/mol. The van der Waals surface area contributed by atoms with Crippen LogP contribution in [0, 0.1) is 6.92 Å². The number of aryl methyl sites for hydroxylation is 1. The molecule has 0 radical (unpaired) electrons. The molecule has 1 aliphatic rings. The van der Waals surface area contributed by atoms with E-state index in [0.29, 0.717) is 5.69 Å². The van der Waals surface area contributed by atoms with Gasteiger partial charge < -0.3 is 14.2 Å². The van der Waals surface area contributed by atoms with Crippen LogP contribution in [-0.4, -0.2) is 40.2 Å². The van der Waals surface area contributed by atoms with Gasteiger partial charge in [0.25, 0.3) is 0 Å². The summed E-state index contributed by atoms with van der Waals surface area (Å²) in [5, 5.41) is 1.95. The number of aromatic nitrogens is 3. The summed E-state index contributed by atoms with van der Waals surface area (Å²) in [4.78, 5) is 37.6. The third kappa shape index (κ3) is 3.82. The fourth-order valence-corrected chi connectivity index (χ4v) is 5.76. The molecule has 164 valence electrons. The van der Waals surface area contributed by atoms with E-state index in [4.69, 9.17) is 4.74 Å². The first-order valence-corrected chi connectivity index (χ1v) is 12.2. The monoisotopic (exact) mass is 466 g/mol. The molecule has 1 aliphatic heterocycles. The van der Waals surface area contributed by atoms with Crippen LogP contribution in [0.25, 0.3) is 26.5 Å². The van der Waals surface area contributed by atoms with Crippen molar-refractivity contribution in [2.45, 2.75) is 26.7 Å². The molecule has 0 atom stereocenters. The summed E-state index contributed by atoms with van der Waals surface area (Å²) in [6.07, 6.45) is 5.73. The molecule has 1 aromatic carbocycles. The van der Waals surface area contributed by atoms with Gasteiger partial charge in [0, 0.05) is 37.2 Å². The van der Waals surface area contributed by atoms with Crippen LogP contribution in [0.3, 0.4) is 0 Å². The average molecular weight is 467 g/mol. The number of benzene rings is 1. The zero-order valence-electron chi connectivity index (χ0n) is 17.8. The summed E-state index contributed by atoms with van der Waals surface area (Å²) in [7, 11) is 0. The summed E-state index contributed by atoms with van der Waals surface area (Å²) in [6, 6.07) is 7.45. The van der Waals surface area contributed by atoms with E-state index >= 15 is 0 Å². The maximum absolute atomic E-state index is 12.8. The van der Waals surface area contributed by atoms with Crippen LogP contribution in [0.1, 0.15) is 35.1 Å². The Balaban J connectivity index is 1.67. The minimum Gasteiger partial charge on any atom is -0.462 e. The molecule has 0 unspecified atom stereocenters. The topological polar surface area (TPSA) is 77.3 Å². The third-order valence-electron chi connectivity index (χ3n) is 5.43. The van der Waals surface area contributed by atoms with Crippen LogP contribution in [0.15, 0.2) is 41.5 Å². The molecule has 0 N–H and O–H groups in total. The second kappa shape index (κ2) is 8.48.